The molecule has 1 aromatic heterocycles. The van der Waals surface area contributed by atoms with Crippen molar-refractivity contribution in [2.75, 3.05) is 24.5 Å². The SMILES string of the molecule is C[C@]1(Cl)CNCCN1c1ccc(C(F)(F)F)c(Cl)n1. The monoisotopic (exact) mass is 313 g/mol. The van der Waals surface area contributed by atoms with Crippen molar-refractivity contribution >= 4 is 29.0 Å². The van der Waals surface area contributed by atoms with Gasteiger partial charge in [-0.25, -0.2) is 4.98 Å². The van der Waals surface area contributed by atoms with Crippen LogP contribution < -0.4 is 10.2 Å². The van der Waals surface area contributed by atoms with Crippen LogP contribution in [0.5, 0.6) is 0 Å². The predicted octanol–water partition coefficient (Wildman–Crippen LogP) is 3.12. The molecule has 0 aromatic carbocycles. The van der Waals surface area contributed by atoms with Gasteiger partial charge in [-0.1, -0.05) is 23.2 Å². The van der Waals surface area contributed by atoms with Crippen LogP contribution in [0.4, 0.5) is 19.0 Å². The standard InChI is InChI=1S/C11H12Cl2F3N3/c1-10(13)6-17-4-5-19(10)8-3-2-7(9(12)18-8)11(14,15)16/h2-3,17H,4-6H2,1H3/t10-/m1/s1. The zero-order valence-corrected chi connectivity index (χ0v) is 11.6. The molecule has 1 aromatic rings. The Hall–Kier alpha value is -0.720. The van der Waals surface area contributed by atoms with Crippen molar-refractivity contribution in [3.8, 4) is 0 Å². The molecule has 1 aliphatic heterocycles. The van der Waals surface area contributed by atoms with Crippen LogP contribution in [0.3, 0.4) is 0 Å². The van der Waals surface area contributed by atoms with Gasteiger partial charge in [-0.15, -0.1) is 0 Å². The van der Waals surface area contributed by atoms with Crippen molar-refractivity contribution in [2.24, 2.45) is 0 Å². The number of halogens is 5. The molecule has 0 aliphatic carbocycles. The molecule has 0 spiro atoms. The van der Waals surface area contributed by atoms with Gasteiger partial charge in [0.1, 0.15) is 16.0 Å². The average molecular weight is 314 g/mol. The third-order valence-corrected chi connectivity index (χ3v) is 3.56. The predicted molar refractivity (Wildman–Crippen MR) is 68.7 cm³/mol. The second kappa shape index (κ2) is 5.00. The molecule has 1 N–H and O–H groups in total. The summed E-state index contributed by atoms with van der Waals surface area (Å²) >= 11 is 11.9. The first-order valence-corrected chi connectivity index (χ1v) is 6.38. The highest BCUT2D eigenvalue weighted by Gasteiger charge is 2.36. The van der Waals surface area contributed by atoms with Crippen LogP contribution in [-0.2, 0) is 6.18 Å². The summed E-state index contributed by atoms with van der Waals surface area (Å²) in [5, 5.41) is 2.55. The van der Waals surface area contributed by atoms with E-state index in [0.717, 1.165) is 6.07 Å². The number of hydrogen-bond donors (Lipinski definition) is 1. The summed E-state index contributed by atoms with van der Waals surface area (Å²) in [5.41, 5.74) is -0.940. The number of alkyl halides is 4. The van der Waals surface area contributed by atoms with Crippen LogP contribution >= 0.6 is 23.2 Å². The van der Waals surface area contributed by atoms with Gasteiger partial charge in [0.05, 0.1) is 5.56 Å². The first kappa shape index (κ1) is 14.7. The minimum atomic E-state index is -4.50. The summed E-state index contributed by atoms with van der Waals surface area (Å²) in [5.74, 6) is 0.344. The lowest BCUT2D eigenvalue weighted by Crippen LogP contribution is -2.56. The zero-order chi connectivity index (χ0) is 14.3. The molecule has 0 bridgehead atoms. The molecule has 19 heavy (non-hydrogen) atoms. The van der Waals surface area contributed by atoms with E-state index >= 15 is 0 Å². The van der Waals surface area contributed by atoms with Gasteiger partial charge in [0.25, 0.3) is 0 Å². The third-order valence-electron chi connectivity index (χ3n) is 2.94. The Balaban J connectivity index is 2.34. The molecule has 0 unspecified atom stereocenters. The first-order valence-electron chi connectivity index (χ1n) is 5.63. The molecule has 2 heterocycles. The lowest BCUT2D eigenvalue weighted by atomic mass is 10.2. The molecule has 106 valence electrons. The second-order valence-corrected chi connectivity index (χ2v) is 5.65. The fraction of sp³-hybridized carbons (Fsp3) is 0.545. The topological polar surface area (TPSA) is 28.2 Å². The summed E-state index contributed by atoms with van der Waals surface area (Å²) in [6.07, 6.45) is -4.50. The fourth-order valence-electron chi connectivity index (χ4n) is 1.98. The number of rotatable bonds is 1. The molecular formula is C11H12Cl2F3N3. The third kappa shape index (κ3) is 3.07. The van der Waals surface area contributed by atoms with Crippen molar-refractivity contribution in [3.05, 3.63) is 22.8 Å². The number of hydrogen-bond acceptors (Lipinski definition) is 3. The molecule has 3 nitrogen and oxygen atoms in total. The van der Waals surface area contributed by atoms with E-state index in [-0.39, 0.29) is 0 Å². The quantitative estimate of drug-likeness (QED) is 0.490. The average Bonchev–Trinajstić information content (AvgIpc) is 2.26. The summed E-state index contributed by atoms with van der Waals surface area (Å²) < 4.78 is 37.8. The van der Waals surface area contributed by atoms with Gasteiger partial charge < -0.3 is 10.2 Å². The lowest BCUT2D eigenvalue weighted by molar-refractivity contribution is -0.137. The molecule has 0 saturated carbocycles. The van der Waals surface area contributed by atoms with Crippen molar-refractivity contribution in [1.29, 1.82) is 0 Å². The highest BCUT2D eigenvalue weighted by atomic mass is 35.5. The lowest BCUT2D eigenvalue weighted by Gasteiger charge is -2.41. The van der Waals surface area contributed by atoms with Crippen LogP contribution in [0, 0.1) is 0 Å². The molecule has 1 atom stereocenters. The van der Waals surface area contributed by atoms with E-state index in [0.29, 0.717) is 25.5 Å². The Morgan fingerprint density at radius 1 is 1.42 bits per heavy atom. The summed E-state index contributed by atoms with van der Waals surface area (Å²) in [4.78, 5) is 4.81. The van der Waals surface area contributed by atoms with Gasteiger partial charge in [0, 0.05) is 19.6 Å². The van der Waals surface area contributed by atoms with Crippen LogP contribution in [-0.4, -0.2) is 29.6 Å². The summed E-state index contributed by atoms with van der Waals surface area (Å²) in [6, 6.07) is 2.22. The van der Waals surface area contributed by atoms with E-state index in [4.69, 9.17) is 23.2 Å². The number of piperazine rings is 1. The van der Waals surface area contributed by atoms with Crippen LogP contribution in [0.2, 0.25) is 5.15 Å². The van der Waals surface area contributed by atoms with Crippen molar-refractivity contribution < 1.29 is 13.2 Å². The minimum Gasteiger partial charge on any atom is -0.335 e. The molecule has 1 aliphatic rings. The molecule has 1 fully saturated rings. The van der Waals surface area contributed by atoms with Crippen molar-refractivity contribution in [3.63, 3.8) is 0 Å². The van der Waals surface area contributed by atoms with E-state index in [1.165, 1.54) is 6.07 Å². The zero-order valence-electron chi connectivity index (χ0n) is 10.1. The molecule has 0 amide bonds. The summed E-state index contributed by atoms with van der Waals surface area (Å²) in [6.45, 7) is 3.51. The number of anilines is 1. The van der Waals surface area contributed by atoms with E-state index < -0.39 is 21.9 Å². The number of aromatic nitrogens is 1. The molecular weight excluding hydrogens is 302 g/mol. The van der Waals surface area contributed by atoms with E-state index in [2.05, 4.69) is 10.3 Å². The Bertz CT molecular complexity index is 477. The molecule has 8 heteroatoms. The van der Waals surface area contributed by atoms with Crippen LogP contribution in [0.1, 0.15) is 12.5 Å². The van der Waals surface area contributed by atoms with Gasteiger partial charge >= 0.3 is 6.18 Å². The van der Waals surface area contributed by atoms with Gasteiger partial charge in [-0.3, -0.25) is 0 Å². The maximum absolute atomic E-state index is 12.6. The van der Waals surface area contributed by atoms with Gasteiger partial charge in [-0.05, 0) is 19.1 Å². The Morgan fingerprint density at radius 2 is 2.11 bits per heavy atom. The van der Waals surface area contributed by atoms with E-state index in [1.54, 1.807) is 11.8 Å². The van der Waals surface area contributed by atoms with E-state index in [9.17, 15) is 13.2 Å². The van der Waals surface area contributed by atoms with Gasteiger partial charge in [0.15, 0.2) is 0 Å². The normalized spacial score (nSPS) is 24.6. The molecule has 1 saturated heterocycles. The number of nitrogens with one attached hydrogen (secondary N) is 1. The first-order chi connectivity index (χ1) is 8.72. The maximum atomic E-state index is 12.6. The van der Waals surface area contributed by atoms with Crippen molar-refractivity contribution in [2.45, 2.75) is 18.1 Å². The van der Waals surface area contributed by atoms with E-state index in [1.807, 2.05) is 0 Å². The Morgan fingerprint density at radius 3 is 2.63 bits per heavy atom. The largest absolute Gasteiger partial charge is 0.419 e. The molecule has 2 rings (SSSR count). The minimum absolute atomic E-state index is 0.344. The Kier molecular flexibility index (Phi) is 3.86. The Labute approximate surface area is 118 Å². The van der Waals surface area contributed by atoms with Crippen LogP contribution in [0.25, 0.3) is 0 Å². The highest BCUT2D eigenvalue weighted by molar-refractivity contribution is 6.30. The smallest absolute Gasteiger partial charge is 0.335 e. The van der Waals surface area contributed by atoms with Gasteiger partial charge in [-0.2, -0.15) is 13.2 Å². The number of nitrogens with zero attached hydrogens (tertiary/aromatic N) is 2. The maximum Gasteiger partial charge on any atom is 0.419 e. The van der Waals surface area contributed by atoms with Gasteiger partial charge in [0.2, 0.25) is 0 Å². The molecule has 0 radical (unpaired) electrons. The second-order valence-electron chi connectivity index (χ2n) is 4.48. The fourth-order valence-corrected chi connectivity index (χ4v) is 2.50. The van der Waals surface area contributed by atoms with Crippen molar-refractivity contribution in [1.82, 2.24) is 10.3 Å². The number of pyridine rings is 1. The van der Waals surface area contributed by atoms with Crippen LogP contribution in [0.15, 0.2) is 12.1 Å². The highest BCUT2D eigenvalue weighted by Crippen LogP contribution is 2.36. The summed E-state index contributed by atoms with van der Waals surface area (Å²) in [7, 11) is 0.